The molecule has 0 spiro atoms. The molecule has 35 heavy (non-hydrogen) atoms. The summed E-state index contributed by atoms with van der Waals surface area (Å²) in [6.07, 6.45) is 1.63. The lowest BCUT2D eigenvalue weighted by Crippen LogP contribution is -2.24. The second kappa shape index (κ2) is 8.96. The summed E-state index contributed by atoms with van der Waals surface area (Å²) < 4.78 is 1.86. The maximum atomic E-state index is 13.0. The highest BCUT2D eigenvalue weighted by molar-refractivity contribution is 8.00. The molecule has 3 aromatic carbocycles. The summed E-state index contributed by atoms with van der Waals surface area (Å²) in [5, 5.41) is 11.2. The molecule has 1 atom stereocenters. The standard InChI is InChI=1S/C27H22N4O3S/c1-15-8-11-23(16(2)12-15)31-14-28-30-27(31)35-17(3)26(34)29-18-9-10-21-22(13-18)25(33)20-7-5-4-6-19(20)24(21)32/h4-14,17H,1-3H3,(H,29,34)/t17-/m1/s1. The summed E-state index contributed by atoms with van der Waals surface area (Å²) in [6.45, 7) is 5.84. The van der Waals surface area contributed by atoms with Crippen LogP contribution in [0, 0.1) is 13.8 Å². The molecule has 8 heteroatoms. The van der Waals surface area contributed by atoms with Gasteiger partial charge in [0, 0.05) is 27.9 Å². The minimum atomic E-state index is -0.488. The van der Waals surface area contributed by atoms with Crippen LogP contribution in [0.3, 0.4) is 0 Å². The van der Waals surface area contributed by atoms with E-state index in [0.717, 1.165) is 16.8 Å². The zero-order chi connectivity index (χ0) is 24.7. The molecule has 0 bridgehead atoms. The van der Waals surface area contributed by atoms with Crippen molar-refractivity contribution in [3.8, 4) is 5.69 Å². The van der Waals surface area contributed by atoms with E-state index in [-0.39, 0.29) is 17.5 Å². The Bertz CT molecular complexity index is 1510. The van der Waals surface area contributed by atoms with Crippen molar-refractivity contribution in [2.45, 2.75) is 31.2 Å². The molecule has 174 valence electrons. The van der Waals surface area contributed by atoms with Gasteiger partial charge in [0.25, 0.3) is 0 Å². The number of carbonyl (C=O) groups excluding carboxylic acids is 3. The fourth-order valence-corrected chi connectivity index (χ4v) is 5.01. The van der Waals surface area contributed by atoms with E-state index in [0.29, 0.717) is 33.1 Å². The third kappa shape index (κ3) is 4.17. The number of fused-ring (bicyclic) bond motifs is 2. The van der Waals surface area contributed by atoms with Crippen molar-refractivity contribution < 1.29 is 14.4 Å². The Balaban J connectivity index is 1.34. The topological polar surface area (TPSA) is 93.9 Å². The minimum absolute atomic E-state index is 0.192. The Kier molecular flexibility index (Phi) is 5.82. The first kappa shape index (κ1) is 22.7. The number of rotatable bonds is 5. The van der Waals surface area contributed by atoms with Crippen LogP contribution in [-0.2, 0) is 4.79 Å². The molecular formula is C27H22N4O3S. The molecule has 1 aliphatic carbocycles. The third-order valence-corrected chi connectivity index (χ3v) is 7.03. The predicted octanol–water partition coefficient (Wildman–Crippen LogP) is 4.78. The number of nitrogens with one attached hydrogen (secondary N) is 1. The van der Waals surface area contributed by atoms with E-state index in [4.69, 9.17) is 0 Å². The number of ketones is 2. The van der Waals surface area contributed by atoms with E-state index in [9.17, 15) is 14.4 Å². The van der Waals surface area contributed by atoms with Gasteiger partial charge in [-0.2, -0.15) is 0 Å². The van der Waals surface area contributed by atoms with Crippen LogP contribution in [0.25, 0.3) is 5.69 Å². The predicted molar refractivity (Wildman–Crippen MR) is 135 cm³/mol. The van der Waals surface area contributed by atoms with Gasteiger partial charge in [-0.05, 0) is 50.6 Å². The number of hydrogen-bond acceptors (Lipinski definition) is 6. The normalized spacial score (nSPS) is 13.2. The fourth-order valence-electron chi connectivity index (χ4n) is 4.18. The fraction of sp³-hybridized carbons (Fsp3) is 0.148. The van der Waals surface area contributed by atoms with Crippen molar-refractivity contribution >= 4 is 34.9 Å². The van der Waals surface area contributed by atoms with Crippen LogP contribution < -0.4 is 5.32 Å². The SMILES string of the molecule is Cc1ccc(-n2cnnc2S[C@H](C)C(=O)Nc2ccc3c(c2)C(=O)c2ccccc2C3=O)c(C)c1. The molecule has 5 rings (SSSR count). The molecule has 0 fully saturated rings. The average molecular weight is 483 g/mol. The van der Waals surface area contributed by atoms with Crippen LogP contribution in [0.5, 0.6) is 0 Å². The molecule has 4 aromatic rings. The van der Waals surface area contributed by atoms with Gasteiger partial charge >= 0.3 is 0 Å². The van der Waals surface area contributed by atoms with E-state index in [1.54, 1.807) is 55.7 Å². The minimum Gasteiger partial charge on any atom is -0.325 e. The van der Waals surface area contributed by atoms with Gasteiger partial charge in [0.15, 0.2) is 16.7 Å². The number of aromatic nitrogens is 3. The summed E-state index contributed by atoms with van der Waals surface area (Å²) in [5.41, 5.74) is 5.07. The van der Waals surface area contributed by atoms with Crippen LogP contribution in [0.1, 0.15) is 49.9 Å². The second-order valence-electron chi connectivity index (χ2n) is 8.49. The van der Waals surface area contributed by atoms with Gasteiger partial charge in [-0.3, -0.25) is 19.0 Å². The highest BCUT2D eigenvalue weighted by atomic mass is 32.2. The van der Waals surface area contributed by atoms with E-state index in [1.807, 2.05) is 30.5 Å². The van der Waals surface area contributed by atoms with Crippen LogP contribution in [-0.4, -0.2) is 37.5 Å². The lowest BCUT2D eigenvalue weighted by Gasteiger charge is -2.19. The first-order valence-corrected chi connectivity index (χ1v) is 12.0. The van der Waals surface area contributed by atoms with Crippen LogP contribution in [0.2, 0.25) is 0 Å². The molecule has 0 saturated heterocycles. The number of benzene rings is 3. The number of aryl methyl sites for hydroxylation is 2. The monoisotopic (exact) mass is 482 g/mol. The van der Waals surface area contributed by atoms with Gasteiger partial charge < -0.3 is 5.32 Å². The molecule has 1 amide bonds. The van der Waals surface area contributed by atoms with Gasteiger partial charge in [0.2, 0.25) is 5.91 Å². The van der Waals surface area contributed by atoms with Crippen molar-refractivity contribution in [1.82, 2.24) is 14.8 Å². The Morgan fingerprint density at radius 3 is 2.31 bits per heavy atom. The first-order chi connectivity index (χ1) is 16.8. The number of nitrogens with zero attached hydrogens (tertiary/aromatic N) is 3. The maximum Gasteiger partial charge on any atom is 0.237 e. The highest BCUT2D eigenvalue weighted by Crippen LogP contribution is 2.30. The Morgan fingerprint density at radius 2 is 1.60 bits per heavy atom. The van der Waals surface area contributed by atoms with Crippen LogP contribution in [0.4, 0.5) is 5.69 Å². The number of hydrogen-bond donors (Lipinski definition) is 1. The summed E-state index contributed by atoms with van der Waals surface area (Å²) in [6, 6.07) is 17.7. The lowest BCUT2D eigenvalue weighted by atomic mass is 9.84. The average Bonchev–Trinajstić information content (AvgIpc) is 3.30. The molecule has 0 aliphatic heterocycles. The van der Waals surface area contributed by atoms with Gasteiger partial charge in [-0.1, -0.05) is 53.7 Å². The van der Waals surface area contributed by atoms with Crippen molar-refractivity contribution in [3.63, 3.8) is 0 Å². The zero-order valence-electron chi connectivity index (χ0n) is 19.4. The Labute approximate surface area is 206 Å². The van der Waals surface area contributed by atoms with Gasteiger partial charge in [-0.15, -0.1) is 10.2 Å². The first-order valence-electron chi connectivity index (χ1n) is 11.1. The third-order valence-electron chi connectivity index (χ3n) is 5.97. The number of carbonyl (C=O) groups is 3. The second-order valence-corrected chi connectivity index (χ2v) is 9.79. The van der Waals surface area contributed by atoms with Crippen LogP contribution in [0.15, 0.2) is 72.1 Å². The van der Waals surface area contributed by atoms with Gasteiger partial charge in [0.1, 0.15) is 6.33 Å². The highest BCUT2D eigenvalue weighted by Gasteiger charge is 2.29. The van der Waals surface area contributed by atoms with E-state index >= 15 is 0 Å². The summed E-state index contributed by atoms with van der Waals surface area (Å²) in [4.78, 5) is 38.7. The summed E-state index contributed by atoms with van der Waals surface area (Å²) >= 11 is 1.29. The van der Waals surface area contributed by atoms with E-state index in [2.05, 4.69) is 21.6 Å². The molecule has 0 radical (unpaired) electrons. The molecular weight excluding hydrogens is 460 g/mol. The van der Waals surface area contributed by atoms with Crippen molar-refractivity contribution in [3.05, 3.63) is 100 Å². The summed E-state index contributed by atoms with van der Waals surface area (Å²) in [5.74, 6) is -0.668. The largest absolute Gasteiger partial charge is 0.325 e. The summed E-state index contributed by atoms with van der Waals surface area (Å²) in [7, 11) is 0. The molecule has 0 saturated carbocycles. The van der Waals surface area contributed by atoms with Gasteiger partial charge in [-0.25, -0.2) is 0 Å². The Hall–Kier alpha value is -4.04. The van der Waals surface area contributed by atoms with Crippen LogP contribution >= 0.6 is 11.8 Å². The molecule has 1 aromatic heterocycles. The molecule has 1 N–H and O–H groups in total. The number of amides is 1. The van der Waals surface area contributed by atoms with E-state index < -0.39 is 5.25 Å². The maximum absolute atomic E-state index is 13.0. The quantitative estimate of drug-likeness (QED) is 0.363. The van der Waals surface area contributed by atoms with Crippen molar-refractivity contribution in [2.75, 3.05) is 5.32 Å². The molecule has 1 heterocycles. The zero-order valence-corrected chi connectivity index (χ0v) is 20.2. The van der Waals surface area contributed by atoms with E-state index in [1.165, 1.54) is 11.8 Å². The van der Waals surface area contributed by atoms with Crippen molar-refractivity contribution in [1.29, 1.82) is 0 Å². The van der Waals surface area contributed by atoms with Gasteiger partial charge in [0.05, 0.1) is 10.9 Å². The Morgan fingerprint density at radius 1 is 0.914 bits per heavy atom. The molecule has 7 nitrogen and oxygen atoms in total. The molecule has 0 unspecified atom stereocenters. The van der Waals surface area contributed by atoms with Crippen molar-refractivity contribution in [2.24, 2.45) is 0 Å². The lowest BCUT2D eigenvalue weighted by molar-refractivity contribution is -0.115. The molecule has 1 aliphatic rings. The number of anilines is 1. The smallest absolute Gasteiger partial charge is 0.237 e. The number of thioether (sulfide) groups is 1.